The Morgan fingerprint density at radius 1 is 1.24 bits per heavy atom. The van der Waals surface area contributed by atoms with Crippen LogP contribution in [-0.4, -0.2) is 15.2 Å². The van der Waals surface area contributed by atoms with Crippen LogP contribution in [0.2, 0.25) is 0 Å². The maximum absolute atomic E-state index is 4.61. The topological polar surface area (TPSA) is 53.6 Å². The molecule has 21 heavy (non-hydrogen) atoms. The molecule has 0 bridgehead atoms. The lowest BCUT2D eigenvalue weighted by atomic mass is 10.1. The van der Waals surface area contributed by atoms with Gasteiger partial charge in [0.1, 0.15) is 0 Å². The van der Waals surface area contributed by atoms with Crippen LogP contribution in [0.4, 0.5) is 5.69 Å². The van der Waals surface area contributed by atoms with E-state index in [2.05, 4.69) is 48.6 Å². The first-order valence-corrected chi connectivity index (χ1v) is 7.65. The summed E-state index contributed by atoms with van der Waals surface area (Å²) < 4.78 is 1.02. The van der Waals surface area contributed by atoms with Gasteiger partial charge in [0.2, 0.25) is 0 Å². The van der Waals surface area contributed by atoms with Crippen molar-refractivity contribution in [3.05, 3.63) is 51.4 Å². The number of benzene rings is 1. The Bertz CT molecular complexity index is 788. The standard InChI is InChI=1S/C16H17BrN4/c1-9-7-15(12-5-4-6-14(17)16(12)19-9)18-8-13-10(2)20-21-11(13)3/h4-7H,8H2,1-3H3,(H,18,19)(H,20,21). The predicted octanol–water partition coefficient (Wildman–Crippen LogP) is 4.26. The fraction of sp³-hybridized carbons (Fsp3) is 0.250. The van der Waals surface area contributed by atoms with E-state index in [1.165, 1.54) is 5.56 Å². The van der Waals surface area contributed by atoms with Crippen molar-refractivity contribution >= 4 is 32.5 Å². The number of aryl methyl sites for hydroxylation is 3. The summed E-state index contributed by atoms with van der Waals surface area (Å²) in [4.78, 5) is 4.61. The summed E-state index contributed by atoms with van der Waals surface area (Å²) >= 11 is 3.57. The lowest BCUT2D eigenvalue weighted by Gasteiger charge is -2.12. The molecule has 1 aromatic carbocycles. The number of aromatic nitrogens is 3. The minimum Gasteiger partial charge on any atom is -0.380 e. The zero-order chi connectivity index (χ0) is 15.0. The minimum absolute atomic E-state index is 0.749. The van der Waals surface area contributed by atoms with Crippen molar-refractivity contribution in [2.75, 3.05) is 5.32 Å². The number of pyridine rings is 1. The number of para-hydroxylation sites is 1. The normalized spacial score (nSPS) is 11.0. The molecule has 4 nitrogen and oxygen atoms in total. The van der Waals surface area contributed by atoms with Crippen LogP contribution in [0, 0.1) is 20.8 Å². The van der Waals surface area contributed by atoms with E-state index in [4.69, 9.17) is 0 Å². The second kappa shape index (κ2) is 5.48. The van der Waals surface area contributed by atoms with Gasteiger partial charge in [-0.15, -0.1) is 0 Å². The van der Waals surface area contributed by atoms with Gasteiger partial charge in [0.15, 0.2) is 0 Å². The highest BCUT2D eigenvalue weighted by atomic mass is 79.9. The summed E-state index contributed by atoms with van der Waals surface area (Å²) in [5.74, 6) is 0. The maximum Gasteiger partial charge on any atom is 0.0867 e. The fourth-order valence-electron chi connectivity index (χ4n) is 2.51. The molecule has 108 valence electrons. The van der Waals surface area contributed by atoms with E-state index in [-0.39, 0.29) is 0 Å². The Morgan fingerprint density at radius 2 is 2.05 bits per heavy atom. The van der Waals surface area contributed by atoms with E-state index in [0.717, 1.165) is 44.7 Å². The smallest absolute Gasteiger partial charge is 0.0867 e. The quantitative estimate of drug-likeness (QED) is 0.746. The first-order valence-electron chi connectivity index (χ1n) is 6.86. The molecule has 3 rings (SSSR count). The van der Waals surface area contributed by atoms with Crippen molar-refractivity contribution < 1.29 is 0 Å². The van der Waals surface area contributed by atoms with Gasteiger partial charge in [0, 0.05) is 39.0 Å². The van der Waals surface area contributed by atoms with Gasteiger partial charge >= 0.3 is 0 Å². The highest BCUT2D eigenvalue weighted by Gasteiger charge is 2.09. The molecule has 5 heteroatoms. The zero-order valence-corrected chi connectivity index (χ0v) is 13.9. The Labute approximate surface area is 132 Å². The zero-order valence-electron chi connectivity index (χ0n) is 12.3. The number of halogens is 1. The number of aromatic amines is 1. The Balaban J connectivity index is 1.99. The number of anilines is 1. The molecule has 0 saturated carbocycles. The number of nitrogens with one attached hydrogen (secondary N) is 2. The average Bonchev–Trinajstić information content (AvgIpc) is 2.77. The van der Waals surface area contributed by atoms with E-state index in [0.29, 0.717) is 0 Å². The second-order valence-electron chi connectivity index (χ2n) is 5.21. The highest BCUT2D eigenvalue weighted by Crippen LogP contribution is 2.29. The summed E-state index contributed by atoms with van der Waals surface area (Å²) in [6.45, 7) is 6.83. The van der Waals surface area contributed by atoms with E-state index >= 15 is 0 Å². The first kappa shape index (κ1) is 14.1. The molecule has 0 aliphatic rings. The van der Waals surface area contributed by atoms with Gasteiger partial charge in [-0.25, -0.2) is 0 Å². The van der Waals surface area contributed by atoms with Gasteiger partial charge in [-0.1, -0.05) is 12.1 Å². The van der Waals surface area contributed by atoms with Crippen molar-refractivity contribution in [2.45, 2.75) is 27.3 Å². The third-order valence-corrected chi connectivity index (χ3v) is 4.29. The van der Waals surface area contributed by atoms with Crippen molar-refractivity contribution in [3.63, 3.8) is 0 Å². The summed E-state index contributed by atoms with van der Waals surface area (Å²) in [5.41, 5.74) is 6.44. The van der Waals surface area contributed by atoms with Crippen LogP contribution in [0.25, 0.3) is 10.9 Å². The molecular formula is C16H17BrN4. The third-order valence-electron chi connectivity index (χ3n) is 3.65. The highest BCUT2D eigenvalue weighted by molar-refractivity contribution is 9.10. The summed E-state index contributed by atoms with van der Waals surface area (Å²) in [6.07, 6.45) is 0. The molecule has 0 atom stereocenters. The van der Waals surface area contributed by atoms with Crippen LogP contribution < -0.4 is 5.32 Å². The van der Waals surface area contributed by atoms with Crippen molar-refractivity contribution in [3.8, 4) is 0 Å². The van der Waals surface area contributed by atoms with Gasteiger partial charge in [0.25, 0.3) is 0 Å². The SMILES string of the molecule is Cc1cc(NCc2c(C)n[nH]c2C)c2cccc(Br)c2n1. The van der Waals surface area contributed by atoms with Crippen molar-refractivity contribution in [1.29, 1.82) is 0 Å². The van der Waals surface area contributed by atoms with E-state index < -0.39 is 0 Å². The molecule has 3 aromatic rings. The summed E-state index contributed by atoms with van der Waals surface area (Å²) in [7, 11) is 0. The van der Waals surface area contributed by atoms with E-state index in [1.54, 1.807) is 0 Å². The fourth-order valence-corrected chi connectivity index (χ4v) is 2.96. The number of nitrogens with zero attached hydrogens (tertiary/aromatic N) is 2. The van der Waals surface area contributed by atoms with Gasteiger partial charge in [0.05, 0.1) is 11.2 Å². The van der Waals surface area contributed by atoms with Crippen LogP contribution >= 0.6 is 15.9 Å². The Morgan fingerprint density at radius 3 is 2.76 bits per heavy atom. The third kappa shape index (κ3) is 2.65. The molecule has 0 spiro atoms. The lowest BCUT2D eigenvalue weighted by molar-refractivity contribution is 1.02. The molecule has 0 amide bonds. The summed E-state index contributed by atoms with van der Waals surface area (Å²) in [6, 6.07) is 8.22. The van der Waals surface area contributed by atoms with Crippen LogP contribution in [0.1, 0.15) is 22.6 Å². The lowest BCUT2D eigenvalue weighted by Crippen LogP contribution is -2.03. The number of H-pyrrole nitrogens is 1. The molecule has 0 radical (unpaired) electrons. The molecule has 2 N–H and O–H groups in total. The van der Waals surface area contributed by atoms with Crippen molar-refractivity contribution in [1.82, 2.24) is 15.2 Å². The Hall–Kier alpha value is -1.88. The van der Waals surface area contributed by atoms with Crippen LogP contribution in [0.15, 0.2) is 28.7 Å². The first-order chi connectivity index (χ1) is 10.1. The number of hydrogen-bond donors (Lipinski definition) is 2. The summed E-state index contributed by atoms with van der Waals surface area (Å²) in [5, 5.41) is 11.9. The van der Waals surface area contributed by atoms with Crippen LogP contribution in [0.5, 0.6) is 0 Å². The number of rotatable bonds is 3. The molecule has 0 aliphatic heterocycles. The maximum atomic E-state index is 4.61. The van der Waals surface area contributed by atoms with Crippen molar-refractivity contribution in [2.24, 2.45) is 0 Å². The van der Waals surface area contributed by atoms with Crippen LogP contribution in [-0.2, 0) is 6.54 Å². The van der Waals surface area contributed by atoms with Crippen LogP contribution in [0.3, 0.4) is 0 Å². The second-order valence-corrected chi connectivity index (χ2v) is 6.07. The predicted molar refractivity (Wildman–Crippen MR) is 89.6 cm³/mol. The largest absolute Gasteiger partial charge is 0.380 e. The van der Waals surface area contributed by atoms with Gasteiger partial charge in [-0.3, -0.25) is 10.1 Å². The molecule has 0 saturated heterocycles. The molecule has 0 unspecified atom stereocenters. The van der Waals surface area contributed by atoms with Gasteiger partial charge < -0.3 is 5.32 Å². The number of fused-ring (bicyclic) bond motifs is 1. The van der Waals surface area contributed by atoms with Gasteiger partial charge in [-0.2, -0.15) is 5.10 Å². The molecule has 2 heterocycles. The number of hydrogen-bond acceptors (Lipinski definition) is 3. The van der Waals surface area contributed by atoms with E-state index in [9.17, 15) is 0 Å². The molecule has 0 aliphatic carbocycles. The molecular weight excluding hydrogens is 328 g/mol. The molecule has 0 fully saturated rings. The Kier molecular flexibility index (Phi) is 3.68. The monoisotopic (exact) mass is 344 g/mol. The average molecular weight is 345 g/mol. The minimum atomic E-state index is 0.749. The van der Waals surface area contributed by atoms with Gasteiger partial charge in [-0.05, 0) is 48.8 Å². The van der Waals surface area contributed by atoms with E-state index in [1.807, 2.05) is 32.9 Å². The molecule has 2 aromatic heterocycles.